The van der Waals surface area contributed by atoms with Crippen LogP contribution in [-0.2, 0) is 14.2 Å². The normalized spacial score (nSPS) is 27.3. The smallest absolute Gasteiger partial charge is 0.410 e. The van der Waals surface area contributed by atoms with E-state index in [0.29, 0.717) is 5.56 Å². The van der Waals surface area contributed by atoms with E-state index in [2.05, 4.69) is 0 Å². The number of rotatable bonds is 5. The van der Waals surface area contributed by atoms with E-state index in [0.717, 1.165) is 0 Å². The molecule has 27 heavy (non-hydrogen) atoms. The summed E-state index contributed by atoms with van der Waals surface area (Å²) in [6.45, 7) is 4.89. The number of benzene rings is 1. The number of piperidine rings is 1. The Labute approximate surface area is 159 Å². The molecule has 1 heterocycles. The highest BCUT2D eigenvalue weighted by Gasteiger charge is 2.49. The van der Waals surface area contributed by atoms with Gasteiger partial charge in [0, 0.05) is 7.11 Å². The first kappa shape index (κ1) is 21.6. The average Bonchev–Trinajstić information content (AvgIpc) is 2.60. The first-order chi connectivity index (χ1) is 12.7. The number of likely N-dealkylation sites (tertiary alicyclic amines) is 1. The van der Waals surface area contributed by atoms with Crippen LogP contribution >= 0.6 is 0 Å². The van der Waals surface area contributed by atoms with Crippen molar-refractivity contribution in [2.24, 2.45) is 0 Å². The van der Waals surface area contributed by atoms with E-state index < -0.39 is 42.2 Å². The van der Waals surface area contributed by atoms with Crippen molar-refractivity contribution in [3.05, 3.63) is 35.9 Å². The Morgan fingerprint density at radius 2 is 1.81 bits per heavy atom. The zero-order valence-corrected chi connectivity index (χ0v) is 16.1. The molecule has 0 radical (unpaired) electrons. The van der Waals surface area contributed by atoms with Gasteiger partial charge in [0.25, 0.3) is 0 Å². The van der Waals surface area contributed by atoms with Gasteiger partial charge in [-0.25, -0.2) is 4.79 Å². The summed E-state index contributed by atoms with van der Waals surface area (Å²) in [6, 6.07) is 8.04. The summed E-state index contributed by atoms with van der Waals surface area (Å²) in [5.74, 6) is 0. The quantitative estimate of drug-likeness (QED) is 0.652. The minimum Gasteiger partial charge on any atom is -0.444 e. The predicted molar refractivity (Wildman–Crippen MR) is 96.9 cm³/mol. The number of aliphatic hydroxyl groups is 3. The Morgan fingerprint density at radius 1 is 1.19 bits per heavy atom. The number of aliphatic hydroxyl groups excluding tert-OH is 3. The van der Waals surface area contributed by atoms with Crippen LogP contribution in [-0.4, -0.2) is 76.7 Å². The molecular formula is C19H29NO7. The molecule has 0 saturated carbocycles. The molecule has 8 nitrogen and oxygen atoms in total. The molecule has 1 amide bonds. The third-order valence-electron chi connectivity index (χ3n) is 4.27. The number of carbonyl (C=O) groups excluding carboxylic acids is 1. The maximum absolute atomic E-state index is 12.7. The molecule has 0 aromatic heterocycles. The van der Waals surface area contributed by atoms with Crippen molar-refractivity contribution in [2.75, 3.05) is 20.4 Å². The SMILES string of the molecule is COCO[C@H](c1ccccc1)[C@@H]1[C@H](O)[C@@H](O)[C@@H](O)CN1C(=O)OC(C)(C)C. The summed E-state index contributed by atoms with van der Waals surface area (Å²) < 4.78 is 16.2. The van der Waals surface area contributed by atoms with Crippen LogP contribution in [0.2, 0.25) is 0 Å². The van der Waals surface area contributed by atoms with Gasteiger partial charge in [-0.05, 0) is 26.3 Å². The molecule has 1 aliphatic rings. The Balaban J connectivity index is 2.41. The molecule has 1 aromatic carbocycles. The molecule has 1 aliphatic heterocycles. The second-order valence-corrected chi connectivity index (χ2v) is 7.58. The fraction of sp³-hybridized carbons (Fsp3) is 0.632. The van der Waals surface area contributed by atoms with Crippen LogP contribution in [0, 0.1) is 0 Å². The largest absolute Gasteiger partial charge is 0.444 e. The lowest BCUT2D eigenvalue weighted by Gasteiger charge is -2.46. The lowest BCUT2D eigenvalue weighted by Crippen LogP contribution is -2.65. The minimum absolute atomic E-state index is 0.0798. The molecule has 8 heteroatoms. The summed E-state index contributed by atoms with van der Waals surface area (Å²) in [5, 5.41) is 31.0. The van der Waals surface area contributed by atoms with Gasteiger partial charge in [0.2, 0.25) is 0 Å². The van der Waals surface area contributed by atoms with Crippen molar-refractivity contribution < 1.29 is 34.3 Å². The molecule has 2 rings (SSSR count). The Morgan fingerprint density at radius 3 is 2.37 bits per heavy atom. The summed E-state index contributed by atoms with van der Waals surface area (Å²) in [5.41, 5.74) is -0.0702. The van der Waals surface area contributed by atoms with Gasteiger partial charge in [0.15, 0.2) is 0 Å². The summed E-state index contributed by atoms with van der Waals surface area (Å²) >= 11 is 0. The van der Waals surface area contributed by atoms with Crippen LogP contribution in [0.3, 0.4) is 0 Å². The van der Waals surface area contributed by atoms with Crippen molar-refractivity contribution >= 4 is 6.09 Å². The predicted octanol–water partition coefficient (Wildman–Crippen LogP) is 1.05. The number of carbonyl (C=O) groups is 1. The monoisotopic (exact) mass is 383 g/mol. The molecule has 1 aromatic rings. The first-order valence-corrected chi connectivity index (χ1v) is 8.85. The highest BCUT2D eigenvalue weighted by atomic mass is 16.7. The van der Waals surface area contributed by atoms with Crippen LogP contribution in [0.5, 0.6) is 0 Å². The van der Waals surface area contributed by atoms with Gasteiger partial charge in [-0.15, -0.1) is 0 Å². The lowest BCUT2D eigenvalue weighted by molar-refractivity contribution is -0.179. The van der Waals surface area contributed by atoms with E-state index >= 15 is 0 Å². The van der Waals surface area contributed by atoms with Crippen LogP contribution in [0.4, 0.5) is 4.79 Å². The number of nitrogens with zero attached hydrogens (tertiary/aromatic N) is 1. The van der Waals surface area contributed by atoms with E-state index in [1.54, 1.807) is 45.0 Å². The molecule has 0 bridgehead atoms. The Kier molecular flexibility index (Phi) is 7.19. The minimum atomic E-state index is -1.44. The molecule has 1 saturated heterocycles. The van der Waals surface area contributed by atoms with Gasteiger partial charge in [-0.3, -0.25) is 4.90 Å². The van der Waals surface area contributed by atoms with Crippen LogP contribution in [0.15, 0.2) is 30.3 Å². The lowest BCUT2D eigenvalue weighted by atomic mass is 9.87. The van der Waals surface area contributed by atoms with Crippen molar-refractivity contribution in [1.82, 2.24) is 4.90 Å². The van der Waals surface area contributed by atoms with Gasteiger partial charge in [0.1, 0.15) is 36.8 Å². The van der Waals surface area contributed by atoms with E-state index in [1.165, 1.54) is 12.0 Å². The Hall–Kier alpha value is -1.71. The zero-order valence-electron chi connectivity index (χ0n) is 16.1. The highest BCUT2D eigenvalue weighted by molar-refractivity contribution is 5.69. The van der Waals surface area contributed by atoms with Crippen molar-refractivity contribution in [2.45, 2.75) is 56.8 Å². The number of β-amino-alcohol motifs (C(OH)–C–C–N with tert-alkyl or cyclic N) is 1. The maximum Gasteiger partial charge on any atom is 0.410 e. The number of methoxy groups -OCH3 is 1. The van der Waals surface area contributed by atoms with Gasteiger partial charge < -0.3 is 29.5 Å². The number of hydrogen-bond donors (Lipinski definition) is 3. The highest BCUT2D eigenvalue weighted by Crippen LogP contribution is 2.33. The standard InChI is InChI=1S/C19H29NO7/c1-19(2,3)27-18(24)20-10-13(21)15(22)16(23)14(20)17(26-11-25-4)12-8-6-5-7-9-12/h5-9,13-17,21-23H,10-11H2,1-4H3/t13-,14-,15-,16-,17+/m0/s1. The van der Waals surface area contributed by atoms with E-state index in [1.807, 2.05) is 6.07 Å². The second kappa shape index (κ2) is 8.99. The molecule has 3 N–H and O–H groups in total. The molecule has 0 spiro atoms. The van der Waals surface area contributed by atoms with Gasteiger partial charge in [0.05, 0.1) is 12.6 Å². The zero-order chi connectivity index (χ0) is 20.2. The van der Waals surface area contributed by atoms with Crippen LogP contribution in [0.25, 0.3) is 0 Å². The molecule has 0 unspecified atom stereocenters. The first-order valence-electron chi connectivity index (χ1n) is 8.85. The van der Waals surface area contributed by atoms with Crippen molar-refractivity contribution in [3.8, 4) is 0 Å². The number of ether oxygens (including phenoxy) is 3. The summed E-state index contributed by atoms with van der Waals surface area (Å²) in [4.78, 5) is 14.0. The number of amides is 1. The Bertz CT molecular complexity index is 604. The summed E-state index contributed by atoms with van der Waals surface area (Å²) in [7, 11) is 1.46. The maximum atomic E-state index is 12.7. The molecule has 0 aliphatic carbocycles. The van der Waals surface area contributed by atoms with Crippen molar-refractivity contribution in [3.63, 3.8) is 0 Å². The number of hydrogen-bond acceptors (Lipinski definition) is 7. The molecule has 1 fully saturated rings. The van der Waals surface area contributed by atoms with E-state index in [4.69, 9.17) is 14.2 Å². The van der Waals surface area contributed by atoms with Gasteiger partial charge in [-0.1, -0.05) is 30.3 Å². The van der Waals surface area contributed by atoms with Gasteiger partial charge >= 0.3 is 6.09 Å². The van der Waals surface area contributed by atoms with E-state index in [9.17, 15) is 20.1 Å². The molecular weight excluding hydrogens is 354 g/mol. The van der Waals surface area contributed by atoms with Gasteiger partial charge in [-0.2, -0.15) is 0 Å². The van der Waals surface area contributed by atoms with Crippen LogP contribution in [0.1, 0.15) is 32.4 Å². The fourth-order valence-corrected chi connectivity index (χ4v) is 3.08. The van der Waals surface area contributed by atoms with E-state index in [-0.39, 0.29) is 13.3 Å². The molecule has 5 atom stereocenters. The van der Waals surface area contributed by atoms with Crippen molar-refractivity contribution in [1.29, 1.82) is 0 Å². The third-order valence-corrected chi connectivity index (χ3v) is 4.27. The summed E-state index contributed by atoms with van der Waals surface area (Å²) in [6.07, 6.45) is -5.67. The fourth-order valence-electron chi connectivity index (χ4n) is 3.08. The average molecular weight is 383 g/mol. The topological polar surface area (TPSA) is 109 Å². The second-order valence-electron chi connectivity index (χ2n) is 7.58. The third kappa shape index (κ3) is 5.40. The molecule has 152 valence electrons. The van der Waals surface area contributed by atoms with Crippen LogP contribution < -0.4 is 0 Å².